The highest BCUT2D eigenvalue weighted by atomic mass is 16.6. The van der Waals surface area contributed by atoms with Gasteiger partial charge in [-0.25, -0.2) is 0 Å². The molecule has 2 saturated heterocycles. The molecule has 2 saturated carbocycles. The van der Waals surface area contributed by atoms with E-state index in [1.165, 1.54) is 5.57 Å². The zero-order valence-corrected chi connectivity index (χ0v) is 34.1. The van der Waals surface area contributed by atoms with Gasteiger partial charge in [0.1, 0.15) is 34.0 Å². The Morgan fingerprint density at radius 1 is 1.04 bits per heavy atom. The van der Waals surface area contributed by atoms with Crippen molar-refractivity contribution >= 4 is 23.5 Å². The molecule has 3 aliphatic carbocycles. The van der Waals surface area contributed by atoms with Crippen molar-refractivity contribution < 1.29 is 33.7 Å². The molecule has 0 radical (unpaired) electrons. The van der Waals surface area contributed by atoms with Gasteiger partial charge in [-0.2, -0.15) is 0 Å². The topological polar surface area (TPSA) is 114 Å². The highest BCUT2D eigenvalue weighted by Gasteiger charge is 3.02. The van der Waals surface area contributed by atoms with Crippen LogP contribution in [-0.4, -0.2) is 75.6 Å². The average molecular weight is 751 g/mol. The summed E-state index contributed by atoms with van der Waals surface area (Å²) in [6.45, 7) is 20.8. The van der Waals surface area contributed by atoms with Crippen LogP contribution in [0, 0.1) is 17.3 Å². The zero-order chi connectivity index (χ0) is 39.5. The van der Waals surface area contributed by atoms with E-state index >= 15 is 0 Å². The van der Waals surface area contributed by atoms with Crippen LogP contribution in [0.3, 0.4) is 0 Å². The van der Waals surface area contributed by atoms with E-state index in [4.69, 9.17) is 14.2 Å². The summed E-state index contributed by atoms with van der Waals surface area (Å²) >= 11 is 0. The van der Waals surface area contributed by atoms with E-state index in [-0.39, 0.29) is 41.1 Å². The Kier molecular flexibility index (Phi) is 8.82. The fourth-order valence-corrected chi connectivity index (χ4v) is 11.6. The number of phenols is 1. The van der Waals surface area contributed by atoms with E-state index in [2.05, 4.69) is 43.1 Å². The Balaban J connectivity index is 1.18. The number of Topliss-reactive ketones (excluding diaryl/α,β-unsaturated/α-hetero) is 2. The average Bonchev–Trinajstić information content (AvgIpc) is 3.54. The smallest absolute Gasteiger partial charge is 0.246 e. The Morgan fingerprint density at radius 2 is 1.78 bits per heavy atom. The molecular weight excluding hydrogens is 693 g/mol. The van der Waals surface area contributed by atoms with Gasteiger partial charge in [0.25, 0.3) is 0 Å². The summed E-state index contributed by atoms with van der Waals surface area (Å²) in [5, 5.41) is 15.1. The molecule has 4 fully saturated rings. The van der Waals surface area contributed by atoms with Crippen LogP contribution in [0.4, 0.5) is 0 Å². The lowest BCUT2D eigenvalue weighted by molar-refractivity contribution is -0.329. The van der Waals surface area contributed by atoms with Crippen LogP contribution in [0.15, 0.2) is 52.7 Å². The van der Waals surface area contributed by atoms with E-state index in [9.17, 15) is 19.5 Å². The van der Waals surface area contributed by atoms with Crippen molar-refractivity contribution in [2.45, 2.75) is 136 Å². The number of aromatic hydroxyl groups is 1. The molecule has 9 nitrogen and oxygen atoms in total. The summed E-state index contributed by atoms with van der Waals surface area (Å²) in [4.78, 5) is 45.5. The van der Waals surface area contributed by atoms with Crippen molar-refractivity contribution in [2.75, 3.05) is 19.6 Å². The maximum absolute atomic E-state index is 15.0. The summed E-state index contributed by atoms with van der Waals surface area (Å²) in [6.07, 6.45) is 16.8. The van der Waals surface area contributed by atoms with Crippen molar-refractivity contribution in [1.29, 1.82) is 0 Å². The van der Waals surface area contributed by atoms with Crippen LogP contribution < -0.4 is 14.8 Å². The van der Waals surface area contributed by atoms with E-state index in [1.807, 2.05) is 58.9 Å². The van der Waals surface area contributed by atoms with E-state index in [0.29, 0.717) is 53.6 Å². The maximum Gasteiger partial charge on any atom is 0.246 e. The van der Waals surface area contributed by atoms with Crippen LogP contribution in [0.1, 0.15) is 122 Å². The number of likely N-dealkylation sites (N-methyl/N-ethyl adjacent to an activating group) is 1. The zero-order valence-electron chi connectivity index (χ0n) is 34.1. The molecule has 9 heteroatoms. The first-order valence-corrected chi connectivity index (χ1v) is 20.4. The second kappa shape index (κ2) is 12.8. The van der Waals surface area contributed by atoms with Gasteiger partial charge in [0.2, 0.25) is 5.91 Å². The minimum Gasteiger partial charge on any atom is -0.506 e. The Hall–Kier alpha value is -3.95. The summed E-state index contributed by atoms with van der Waals surface area (Å²) in [5.41, 5.74) is -0.0611. The third kappa shape index (κ3) is 5.13. The predicted octanol–water partition coefficient (Wildman–Crippen LogP) is 7.76. The highest BCUT2D eigenvalue weighted by molar-refractivity contribution is 6.18. The fourth-order valence-electron chi connectivity index (χ4n) is 11.6. The summed E-state index contributed by atoms with van der Waals surface area (Å²) in [5.74, 6) is -0.516. The molecule has 4 aliphatic heterocycles. The number of nitrogens with zero attached hydrogens (tertiary/aromatic N) is 1. The number of likely N-dealkylation sites (tertiary alicyclic amines) is 1. The van der Waals surface area contributed by atoms with Crippen molar-refractivity contribution in [3.8, 4) is 17.2 Å². The number of rotatable bonds is 11. The molecular formula is C46H58N2O7. The van der Waals surface area contributed by atoms with Crippen LogP contribution >= 0.6 is 0 Å². The molecule has 8 rings (SSSR count). The number of hydrogen-bond acceptors (Lipinski definition) is 8. The predicted molar refractivity (Wildman–Crippen MR) is 212 cm³/mol. The standard InChI is InChI=1S/C46H58N2O7/c1-10-48-22-12-14-30(48)25-47-41(52)28(6)17-21-44-40(51)29-23-33-37(50)35-36(49)31-18-20-43(9,19-11-13-26(2)3)53-38(31)32(16-15-27(4)5)39(35)54-45(33)34(24-29)46(44,45)42(7,8)55-44/h13,15,17-18,20,23,29-30,34,49H,10-12,14,16,19,21-22,24-25H2,1-9H3,(H,47,52)/b28-17-. The number of amides is 1. The number of ether oxygens (including phenoxy) is 3. The normalized spacial score (nSPS) is 34.5. The van der Waals surface area contributed by atoms with E-state index in [1.54, 1.807) is 6.92 Å². The quantitative estimate of drug-likeness (QED) is 0.174. The Labute approximate surface area is 325 Å². The molecule has 7 unspecified atom stereocenters. The van der Waals surface area contributed by atoms with Crippen molar-refractivity contribution in [1.82, 2.24) is 10.2 Å². The Morgan fingerprint density at radius 3 is 2.47 bits per heavy atom. The van der Waals surface area contributed by atoms with E-state index < -0.39 is 33.7 Å². The third-order valence-electron chi connectivity index (χ3n) is 14.1. The second-order valence-electron chi connectivity index (χ2n) is 18.3. The summed E-state index contributed by atoms with van der Waals surface area (Å²) < 4.78 is 21.0. The fraction of sp³-hybridized carbons (Fsp3) is 0.587. The first-order chi connectivity index (χ1) is 26.0. The van der Waals surface area contributed by atoms with Crippen molar-refractivity contribution in [2.24, 2.45) is 17.3 Å². The van der Waals surface area contributed by atoms with Gasteiger partial charge in [-0.05, 0) is 119 Å². The molecule has 2 spiro atoms. The molecule has 1 aromatic rings. The van der Waals surface area contributed by atoms with E-state index in [0.717, 1.165) is 49.9 Å². The SMILES string of the molecule is CCN1CCCC1CNC(=O)/C(C)=C\CC12OC(C)(C)C13C1CC(C=C4C(=O)c5c(O)c6c(c(CC=C(C)C)c5OC413)OC(C)(CCC=C(C)C)C=C6)C2=O. The third-order valence-corrected chi connectivity index (χ3v) is 14.1. The summed E-state index contributed by atoms with van der Waals surface area (Å²) in [6, 6.07) is 0.332. The largest absolute Gasteiger partial charge is 0.506 e. The van der Waals surface area contributed by atoms with Crippen LogP contribution in [0.5, 0.6) is 17.2 Å². The Bertz CT molecular complexity index is 2040. The molecule has 0 aromatic heterocycles. The number of benzene rings is 1. The monoisotopic (exact) mass is 750 g/mol. The lowest BCUT2D eigenvalue weighted by atomic mass is 9.56. The molecule has 4 heterocycles. The molecule has 1 amide bonds. The van der Waals surface area contributed by atoms with Gasteiger partial charge in [-0.1, -0.05) is 42.4 Å². The molecule has 1 aromatic carbocycles. The number of hydrogen-bond donors (Lipinski definition) is 2. The first kappa shape index (κ1) is 37.9. The first-order valence-electron chi connectivity index (χ1n) is 20.4. The number of fused-ring (bicyclic) bond motifs is 3. The molecule has 2 N–H and O–H groups in total. The number of nitrogens with one attached hydrogen (secondary N) is 1. The van der Waals surface area contributed by atoms with Gasteiger partial charge >= 0.3 is 0 Å². The second-order valence-corrected chi connectivity index (χ2v) is 18.3. The minimum absolute atomic E-state index is 0.0667. The van der Waals surface area contributed by atoms with Gasteiger partial charge in [0, 0.05) is 47.6 Å². The molecule has 7 atom stereocenters. The minimum atomic E-state index is -1.27. The number of ketones is 2. The lowest BCUT2D eigenvalue weighted by Gasteiger charge is -2.63. The number of allylic oxidation sites excluding steroid dienone is 5. The highest BCUT2D eigenvalue weighted by Crippen LogP contribution is 2.89. The lowest BCUT2D eigenvalue weighted by Crippen LogP contribution is -2.76. The van der Waals surface area contributed by atoms with Crippen LogP contribution in [0.2, 0.25) is 0 Å². The number of carbonyl (C=O) groups excluding carboxylic acids is 3. The van der Waals surface area contributed by atoms with Gasteiger partial charge in [-0.15, -0.1) is 0 Å². The van der Waals surface area contributed by atoms with Gasteiger partial charge in [0.05, 0.1) is 16.6 Å². The van der Waals surface area contributed by atoms with Gasteiger partial charge < -0.3 is 24.6 Å². The van der Waals surface area contributed by atoms with Gasteiger partial charge in [0.15, 0.2) is 17.2 Å². The maximum atomic E-state index is 15.0. The van der Waals surface area contributed by atoms with Gasteiger partial charge in [-0.3, -0.25) is 19.3 Å². The molecule has 7 aliphatic rings. The number of phenolic OH excluding ortho intramolecular Hbond substituents is 1. The molecule has 294 valence electrons. The van der Waals surface area contributed by atoms with Crippen molar-refractivity contribution in [3.63, 3.8) is 0 Å². The molecule has 2 bridgehead atoms. The van der Waals surface area contributed by atoms with Crippen LogP contribution in [0.25, 0.3) is 6.08 Å². The van der Waals surface area contributed by atoms with Crippen molar-refractivity contribution in [3.05, 3.63) is 69.4 Å². The summed E-state index contributed by atoms with van der Waals surface area (Å²) in [7, 11) is 0. The molecule has 55 heavy (non-hydrogen) atoms. The number of carbonyl (C=O) groups is 3. The van der Waals surface area contributed by atoms with Crippen LogP contribution in [-0.2, 0) is 20.7 Å².